The van der Waals surface area contributed by atoms with Crippen molar-refractivity contribution >= 4 is 44.2 Å². The minimum absolute atomic E-state index is 0.0320. The zero-order chi connectivity index (χ0) is 16.9. The molecule has 2 rings (SSSR count). The summed E-state index contributed by atoms with van der Waals surface area (Å²) in [5, 5.41) is 0. The molecule has 0 aromatic heterocycles. The number of amides is 2. The molecule has 23 heavy (non-hydrogen) atoms. The standard InChI is InChI=1S/C14H17IN2O5S/c15-11-1-3-12(4-2-11)22-8-14(19)17-16-13(18)7-10-5-6-23(20,21)9-10/h1-4,10H,5-9H2,(H,16,18)(H,17,19). The monoisotopic (exact) mass is 452 g/mol. The molecule has 0 radical (unpaired) electrons. The van der Waals surface area contributed by atoms with Crippen LogP contribution in [-0.4, -0.2) is 38.3 Å². The Bertz CT molecular complexity index is 675. The van der Waals surface area contributed by atoms with Crippen molar-refractivity contribution in [2.45, 2.75) is 12.8 Å². The van der Waals surface area contributed by atoms with Gasteiger partial charge < -0.3 is 4.74 Å². The first-order chi connectivity index (χ1) is 10.8. The van der Waals surface area contributed by atoms with Gasteiger partial charge in [-0.05, 0) is 59.2 Å². The lowest BCUT2D eigenvalue weighted by Crippen LogP contribution is -2.44. The van der Waals surface area contributed by atoms with Crippen LogP contribution in [0, 0.1) is 9.49 Å². The molecular weight excluding hydrogens is 435 g/mol. The molecule has 1 fully saturated rings. The zero-order valence-electron chi connectivity index (χ0n) is 12.2. The van der Waals surface area contributed by atoms with Gasteiger partial charge in [0.15, 0.2) is 16.4 Å². The minimum Gasteiger partial charge on any atom is -0.484 e. The topological polar surface area (TPSA) is 102 Å². The van der Waals surface area contributed by atoms with E-state index in [0.717, 1.165) is 3.57 Å². The third-order valence-corrected chi connectivity index (χ3v) is 5.88. The number of hydrogen-bond donors (Lipinski definition) is 2. The molecule has 2 amide bonds. The van der Waals surface area contributed by atoms with Crippen molar-refractivity contribution in [3.8, 4) is 5.75 Å². The number of halogens is 1. The van der Waals surface area contributed by atoms with Gasteiger partial charge in [-0.3, -0.25) is 20.4 Å². The molecule has 0 aliphatic carbocycles. The van der Waals surface area contributed by atoms with Gasteiger partial charge in [0, 0.05) is 9.99 Å². The molecular formula is C14H17IN2O5S. The number of hydrazine groups is 1. The second-order valence-electron chi connectivity index (χ2n) is 5.31. The lowest BCUT2D eigenvalue weighted by atomic mass is 10.1. The van der Waals surface area contributed by atoms with Gasteiger partial charge in [-0.1, -0.05) is 0 Å². The molecule has 1 saturated heterocycles. The molecule has 0 bridgehead atoms. The highest BCUT2D eigenvalue weighted by atomic mass is 127. The van der Waals surface area contributed by atoms with Crippen molar-refractivity contribution in [3.63, 3.8) is 0 Å². The van der Waals surface area contributed by atoms with E-state index in [4.69, 9.17) is 4.74 Å². The highest BCUT2D eigenvalue weighted by molar-refractivity contribution is 14.1. The Morgan fingerprint density at radius 3 is 2.43 bits per heavy atom. The second-order valence-corrected chi connectivity index (χ2v) is 8.79. The molecule has 1 atom stereocenters. The Morgan fingerprint density at radius 1 is 1.17 bits per heavy atom. The van der Waals surface area contributed by atoms with Crippen molar-refractivity contribution < 1.29 is 22.7 Å². The summed E-state index contributed by atoms with van der Waals surface area (Å²) in [6, 6.07) is 7.19. The molecule has 0 spiro atoms. The number of nitrogens with one attached hydrogen (secondary N) is 2. The van der Waals surface area contributed by atoms with Gasteiger partial charge in [-0.25, -0.2) is 8.42 Å². The summed E-state index contributed by atoms with van der Waals surface area (Å²) in [7, 11) is -3.00. The van der Waals surface area contributed by atoms with E-state index in [9.17, 15) is 18.0 Å². The van der Waals surface area contributed by atoms with Crippen molar-refractivity contribution in [1.82, 2.24) is 10.9 Å². The van der Waals surface area contributed by atoms with Crippen LogP contribution in [0.25, 0.3) is 0 Å². The summed E-state index contributed by atoms with van der Waals surface area (Å²) in [6.07, 6.45) is 0.567. The van der Waals surface area contributed by atoms with E-state index in [1.165, 1.54) is 0 Å². The molecule has 1 unspecified atom stereocenters. The van der Waals surface area contributed by atoms with Crippen molar-refractivity contribution in [3.05, 3.63) is 27.8 Å². The van der Waals surface area contributed by atoms with E-state index in [0.29, 0.717) is 12.2 Å². The number of carbonyl (C=O) groups is 2. The van der Waals surface area contributed by atoms with Gasteiger partial charge in [-0.15, -0.1) is 0 Å². The van der Waals surface area contributed by atoms with Crippen LogP contribution in [0.5, 0.6) is 5.75 Å². The lowest BCUT2D eigenvalue weighted by Gasteiger charge is -2.10. The third kappa shape index (κ3) is 6.34. The second kappa shape index (κ2) is 7.95. The fourth-order valence-corrected chi connectivity index (χ4v) is 4.42. The number of rotatable bonds is 5. The molecule has 7 nitrogen and oxygen atoms in total. The first-order valence-corrected chi connectivity index (χ1v) is 9.90. The Morgan fingerprint density at radius 2 is 1.83 bits per heavy atom. The quantitative estimate of drug-likeness (QED) is 0.505. The van der Waals surface area contributed by atoms with E-state index < -0.39 is 21.7 Å². The molecule has 1 aliphatic rings. The first-order valence-electron chi connectivity index (χ1n) is 7.00. The molecule has 1 heterocycles. The van der Waals surface area contributed by atoms with Crippen LogP contribution < -0.4 is 15.6 Å². The summed E-state index contributed by atoms with van der Waals surface area (Å²) < 4.78 is 28.9. The van der Waals surface area contributed by atoms with Crippen LogP contribution in [0.2, 0.25) is 0 Å². The smallest absolute Gasteiger partial charge is 0.276 e. The van der Waals surface area contributed by atoms with E-state index >= 15 is 0 Å². The maximum absolute atomic E-state index is 11.7. The normalized spacial score (nSPS) is 19.1. The molecule has 1 aromatic carbocycles. The Labute approximate surface area is 148 Å². The maximum Gasteiger partial charge on any atom is 0.276 e. The number of carbonyl (C=O) groups excluding carboxylic acids is 2. The van der Waals surface area contributed by atoms with Gasteiger partial charge in [-0.2, -0.15) is 0 Å². The lowest BCUT2D eigenvalue weighted by molar-refractivity contribution is -0.130. The van der Waals surface area contributed by atoms with E-state index in [-0.39, 0.29) is 30.5 Å². The summed E-state index contributed by atoms with van der Waals surface area (Å²) in [5.74, 6) is -0.362. The molecule has 1 aliphatic heterocycles. The number of ether oxygens (including phenoxy) is 1. The predicted octanol–water partition coefficient (Wildman–Crippen LogP) is 0.642. The van der Waals surface area contributed by atoms with Crippen LogP contribution in [0.4, 0.5) is 0 Å². The summed E-state index contributed by atoms with van der Waals surface area (Å²) in [5.41, 5.74) is 4.51. The summed E-state index contributed by atoms with van der Waals surface area (Å²) in [4.78, 5) is 23.2. The first kappa shape index (κ1) is 18.0. The fraction of sp³-hybridized carbons (Fsp3) is 0.429. The van der Waals surface area contributed by atoms with Gasteiger partial charge in [0.1, 0.15) is 5.75 Å². The van der Waals surface area contributed by atoms with E-state index in [1.807, 2.05) is 12.1 Å². The molecule has 2 N–H and O–H groups in total. The average Bonchev–Trinajstić information content (AvgIpc) is 2.83. The number of benzene rings is 1. The third-order valence-electron chi connectivity index (χ3n) is 3.33. The van der Waals surface area contributed by atoms with Gasteiger partial charge in [0.05, 0.1) is 11.5 Å². The van der Waals surface area contributed by atoms with Gasteiger partial charge in [0.25, 0.3) is 5.91 Å². The van der Waals surface area contributed by atoms with E-state index in [1.54, 1.807) is 12.1 Å². The molecule has 0 saturated carbocycles. The van der Waals surface area contributed by atoms with Crippen molar-refractivity contribution in [2.75, 3.05) is 18.1 Å². The maximum atomic E-state index is 11.7. The van der Waals surface area contributed by atoms with Crippen LogP contribution in [0.1, 0.15) is 12.8 Å². The summed E-state index contributed by atoms with van der Waals surface area (Å²) in [6.45, 7) is -0.224. The van der Waals surface area contributed by atoms with Crippen LogP contribution in [0.15, 0.2) is 24.3 Å². The van der Waals surface area contributed by atoms with Crippen molar-refractivity contribution in [2.24, 2.45) is 5.92 Å². The Hall–Kier alpha value is -1.36. The van der Waals surface area contributed by atoms with Crippen LogP contribution in [0.3, 0.4) is 0 Å². The number of hydrogen-bond acceptors (Lipinski definition) is 5. The van der Waals surface area contributed by atoms with Crippen LogP contribution in [-0.2, 0) is 19.4 Å². The molecule has 1 aromatic rings. The Balaban J connectivity index is 1.66. The van der Waals surface area contributed by atoms with Crippen molar-refractivity contribution in [1.29, 1.82) is 0 Å². The highest BCUT2D eigenvalue weighted by Crippen LogP contribution is 2.21. The molecule has 9 heteroatoms. The minimum atomic E-state index is -3.00. The largest absolute Gasteiger partial charge is 0.484 e. The predicted molar refractivity (Wildman–Crippen MR) is 92.3 cm³/mol. The zero-order valence-corrected chi connectivity index (χ0v) is 15.2. The number of sulfone groups is 1. The van der Waals surface area contributed by atoms with E-state index in [2.05, 4.69) is 33.4 Å². The Kier molecular flexibility index (Phi) is 6.22. The van der Waals surface area contributed by atoms with Gasteiger partial charge in [0.2, 0.25) is 5.91 Å². The average molecular weight is 452 g/mol. The molecule has 126 valence electrons. The fourth-order valence-electron chi connectivity index (χ4n) is 2.20. The summed E-state index contributed by atoms with van der Waals surface area (Å²) >= 11 is 2.16. The highest BCUT2D eigenvalue weighted by Gasteiger charge is 2.29. The SMILES string of the molecule is O=C(COc1ccc(I)cc1)NNC(=O)CC1CCS(=O)(=O)C1. The van der Waals surface area contributed by atoms with Gasteiger partial charge >= 0.3 is 0 Å². The van der Waals surface area contributed by atoms with Crippen LogP contribution >= 0.6 is 22.6 Å².